The zero-order chi connectivity index (χ0) is 10.9. The standard InChI is InChI=1S/C10H9F3O/c1-5(2)10(14)8-6(11)3-4-7(12)9(8)13/h3-5H,1-2H3. The molecule has 0 aliphatic rings. The molecule has 0 aromatic heterocycles. The van der Waals surface area contributed by atoms with Gasteiger partial charge in [-0.1, -0.05) is 13.8 Å². The molecule has 0 unspecified atom stereocenters. The molecule has 0 saturated heterocycles. The Bertz CT molecular complexity index is 372. The first-order chi connectivity index (χ1) is 6.45. The van der Waals surface area contributed by atoms with Crippen LogP contribution < -0.4 is 0 Å². The molecule has 0 aliphatic carbocycles. The molecule has 4 heteroatoms. The molecule has 0 heterocycles. The highest BCUT2D eigenvalue weighted by Gasteiger charge is 2.22. The Morgan fingerprint density at radius 2 is 1.64 bits per heavy atom. The Morgan fingerprint density at radius 3 is 2.14 bits per heavy atom. The Hall–Kier alpha value is -1.32. The van der Waals surface area contributed by atoms with E-state index in [1.54, 1.807) is 0 Å². The van der Waals surface area contributed by atoms with Crippen LogP contribution in [0.25, 0.3) is 0 Å². The molecule has 0 fully saturated rings. The molecule has 0 radical (unpaired) electrons. The Balaban J connectivity index is 3.33. The molecule has 0 atom stereocenters. The second-order valence-electron chi connectivity index (χ2n) is 3.24. The van der Waals surface area contributed by atoms with Gasteiger partial charge in [0.15, 0.2) is 17.4 Å². The van der Waals surface area contributed by atoms with Crippen molar-refractivity contribution < 1.29 is 18.0 Å². The van der Waals surface area contributed by atoms with Gasteiger partial charge in [-0.2, -0.15) is 0 Å². The van der Waals surface area contributed by atoms with Crippen molar-refractivity contribution in [1.82, 2.24) is 0 Å². The molecule has 0 aliphatic heterocycles. The normalized spacial score (nSPS) is 10.7. The van der Waals surface area contributed by atoms with Gasteiger partial charge in [0, 0.05) is 5.92 Å². The van der Waals surface area contributed by atoms with Crippen LogP contribution >= 0.6 is 0 Å². The van der Waals surface area contributed by atoms with E-state index in [0.29, 0.717) is 6.07 Å². The second kappa shape index (κ2) is 3.82. The van der Waals surface area contributed by atoms with Crippen molar-refractivity contribution in [2.24, 2.45) is 5.92 Å². The number of halogens is 3. The summed E-state index contributed by atoms with van der Waals surface area (Å²) in [5, 5.41) is 0. The zero-order valence-electron chi connectivity index (χ0n) is 7.77. The lowest BCUT2D eigenvalue weighted by atomic mass is 10.00. The molecule has 0 saturated carbocycles. The first-order valence-electron chi connectivity index (χ1n) is 4.13. The van der Waals surface area contributed by atoms with E-state index in [-0.39, 0.29) is 0 Å². The minimum atomic E-state index is -1.41. The summed E-state index contributed by atoms with van der Waals surface area (Å²) in [5.41, 5.74) is -0.792. The third-order valence-corrected chi connectivity index (χ3v) is 1.81. The lowest BCUT2D eigenvalue weighted by Gasteiger charge is -2.06. The molecular formula is C10H9F3O. The molecule has 0 N–H and O–H groups in total. The van der Waals surface area contributed by atoms with Gasteiger partial charge < -0.3 is 0 Å². The number of Topliss-reactive ketones (excluding diaryl/α,β-unsaturated/α-hetero) is 1. The van der Waals surface area contributed by atoms with Gasteiger partial charge in [0.05, 0.1) is 5.56 Å². The fourth-order valence-electron chi connectivity index (χ4n) is 1.04. The number of rotatable bonds is 2. The third-order valence-electron chi connectivity index (χ3n) is 1.81. The van der Waals surface area contributed by atoms with E-state index < -0.39 is 34.7 Å². The largest absolute Gasteiger partial charge is 0.294 e. The highest BCUT2D eigenvalue weighted by molar-refractivity contribution is 5.97. The molecule has 1 aromatic rings. The van der Waals surface area contributed by atoms with E-state index >= 15 is 0 Å². The fourth-order valence-corrected chi connectivity index (χ4v) is 1.04. The highest BCUT2D eigenvalue weighted by Crippen LogP contribution is 2.19. The summed E-state index contributed by atoms with van der Waals surface area (Å²) >= 11 is 0. The first kappa shape index (κ1) is 10.8. The number of benzene rings is 1. The predicted molar refractivity (Wildman–Crippen MR) is 45.5 cm³/mol. The van der Waals surface area contributed by atoms with E-state index in [4.69, 9.17) is 0 Å². The molecule has 0 amide bonds. The highest BCUT2D eigenvalue weighted by atomic mass is 19.2. The van der Waals surface area contributed by atoms with E-state index in [9.17, 15) is 18.0 Å². The quantitative estimate of drug-likeness (QED) is 0.532. The summed E-state index contributed by atoms with van der Waals surface area (Å²) < 4.78 is 38.7. The predicted octanol–water partition coefficient (Wildman–Crippen LogP) is 2.94. The van der Waals surface area contributed by atoms with Gasteiger partial charge in [0.1, 0.15) is 5.82 Å². The summed E-state index contributed by atoms with van der Waals surface area (Å²) in [4.78, 5) is 11.3. The van der Waals surface area contributed by atoms with E-state index in [1.807, 2.05) is 0 Å². The first-order valence-corrected chi connectivity index (χ1v) is 4.13. The van der Waals surface area contributed by atoms with E-state index in [0.717, 1.165) is 6.07 Å². The van der Waals surface area contributed by atoms with E-state index in [2.05, 4.69) is 0 Å². The van der Waals surface area contributed by atoms with Crippen molar-refractivity contribution in [1.29, 1.82) is 0 Å². The van der Waals surface area contributed by atoms with Gasteiger partial charge in [-0.15, -0.1) is 0 Å². The topological polar surface area (TPSA) is 17.1 Å². The van der Waals surface area contributed by atoms with E-state index in [1.165, 1.54) is 13.8 Å². The zero-order valence-corrected chi connectivity index (χ0v) is 7.77. The average Bonchev–Trinajstić information content (AvgIpc) is 2.12. The van der Waals surface area contributed by atoms with Crippen molar-refractivity contribution in [2.75, 3.05) is 0 Å². The third kappa shape index (κ3) is 1.78. The number of ketones is 1. The Labute approximate surface area is 79.5 Å². The number of hydrogen-bond donors (Lipinski definition) is 0. The lowest BCUT2D eigenvalue weighted by molar-refractivity contribution is 0.0929. The summed E-state index contributed by atoms with van der Waals surface area (Å²) in [7, 11) is 0. The van der Waals surface area contributed by atoms with Crippen LogP contribution in [-0.2, 0) is 0 Å². The van der Waals surface area contributed by atoms with Crippen LogP contribution in [0.2, 0.25) is 0 Å². The maximum atomic E-state index is 13.0. The Morgan fingerprint density at radius 1 is 1.14 bits per heavy atom. The molecule has 1 aromatic carbocycles. The maximum absolute atomic E-state index is 13.0. The summed E-state index contributed by atoms with van der Waals surface area (Å²) in [5.74, 6) is -4.96. The van der Waals surface area contributed by atoms with Crippen LogP contribution in [0.3, 0.4) is 0 Å². The fraction of sp³-hybridized carbons (Fsp3) is 0.300. The van der Waals surface area contributed by atoms with Gasteiger partial charge in [0.2, 0.25) is 0 Å². The molecule has 0 spiro atoms. The average molecular weight is 202 g/mol. The van der Waals surface area contributed by atoms with Crippen LogP contribution in [0.5, 0.6) is 0 Å². The van der Waals surface area contributed by atoms with Crippen molar-refractivity contribution in [3.05, 3.63) is 35.1 Å². The lowest BCUT2D eigenvalue weighted by Crippen LogP contribution is -2.13. The van der Waals surface area contributed by atoms with Crippen molar-refractivity contribution in [3.8, 4) is 0 Å². The van der Waals surface area contributed by atoms with Gasteiger partial charge in [-0.3, -0.25) is 4.79 Å². The van der Waals surface area contributed by atoms with Crippen molar-refractivity contribution in [3.63, 3.8) is 0 Å². The molecule has 0 bridgehead atoms. The Kier molecular flexibility index (Phi) is 2.93. The molecule has 1 nitrogen and oxygen atoms in total. The number of hydrogen-bond acceptors (Lipinski definition) is 1. The summed E-state index contributed by atoms with van der Waals surface area (Å²) in [6.07, 6.45) is 0. The van der Waals surface area contributed by atoms with Crippen molar-refractivity contribution in [2.45, 2.75) is 13.8 Å². The molecule has 76 valence electrons. The number of carbonyl (C=O) groups is 1. The van der Waals surface area contributed by atoms with Crippen LogP contribution in [0.15, 0.2) is 12.1 Å². The minimum absolute atomic E-state index is 0.569. The smallest absolute Gasteiger partial charge is 0.172 e. The number of carbonyl (C=O) groups excluding carboxylic acids is 1. The van der Waals surface area contributed by atoms with Gasteiger partial charge in [0.25, 0.3) is 0 Å². The minimum Gasteiger partial charge on any atom is -0.294 e. The maximum Gasteiger partial charge on any atom is 0.172 e. The van der Waals surface area contributed by atoms with Gasteiger partial charge in [-0.05, 0) is 12.1 Å². The monoisotopic (exact) mass is 202 g/mol. The van der Waals surface area contributed by atoms with Crippen LogP contribution in [0.4, 0.5) is 13.2 Å². The SMILES string of the molecule is CC(C)C(=O)c1c(F)ccc(F)c1F. The summed E-state index contributed by atoms with van der Waals surface area (Å²) in [6.45, 7) is 2.98. The second-order valence-corrected chi connectivity index (χ2v) is 3.24. The molecule has 14 heavy (non-hydrogen) atoms. The van der Waals surface area contributed by atoms with Crippen LogP contribution in [0.1, 0.15) is 24.2 Å². The van der Waals surface area contributed by atoms with Crippen LogP contribution in [0, 0.1) is 23.4 Å². The van der Waals surface area contributed by atoms with Gasteiger partial charge in [-0.25, -0.2) is 13.2 Å². The molecule has 1 rings (SSSR count). The van der Waals surface area contributed by atoms with Crippen molar-refractivity contribution >= 4 is 5.78 Å². The van der Waals surface area contributed by atoms with Gasteiger partial charge >= 0.3 is 0 Å². The summed E-state index contributed by atoms with van der Waals surface area (Å²) in [6, 6.07) is 1.40. The molecular weight excluding hydrogens is 193 g/mol. The van der Waals surface area contributed by atoms with Crippen LogP contribution in [-0.4, -0.2) is 5.78 Å².